The molecular weight excluding hydrogens is 324 g/mol. The number of nitrogens with one attached hydrogen (secondary N) is 1. The number of thioether (sulfide) groups is 1. The van der Waals surface area contributed by atoms with E-state index in [0.717, 1.165) is 16.0 Å². The molecule has 0 aliphatic heterocycles. The van der Waals surface area contributed by atoms with Crippen LogP contribution in [0.1, 0.15) is 37.5 Å². The highest BCUT2D eigenvalue weighted by Gasteiger charge is 2.28. The number of aryl methyl sites for hydroxylation is 1. The Hall–Kier alpha value is -1.68. The van der Waals surface area contributed by atoms with E-state index in [0.29, 0.717) is 23.5 Å². The van der Waals surface area contributed by atoms with Crippen molar-refractivity contribution in [1.82, 2.24) is 25.0 Å². The summed E-state index contributed by atoms with van der Waals surface area (Å²) in [6.07, 6.45) is 1.88. The predicted octanol–water partition coefficient (Wildman–Crippen LogP) is 2.63. The van der Waals surface area contributed by atoms with Crippen LogP contribution in [0.3, 0.4) is 0 Å². The van der Waals surface area contributed by atoms with Gasteiger partial charge in [0.2, 0.25) is 5.13 Å². The number of hydrogen-bond acceptors (Lipinski definition) is 8. The Labute approximate surface area is 135 Å². The van der Waals surface area contributed by atoms with Crippen LogP contribution in [-0.4, -0.2) is 37.7 Å². The fourth-order valence-corrected chi connectivity index (χ4v) is 3.68. The number of anilines is 1. The summed E-state index contributed by atoms with van der Waals surface area (Å²) in [5.41, 5.74) is 0. The largest absolute Gasteiger partial charge is 0.450 e. The summed E-state index contributed by atoms with van der Waals surface area (Å²) in [6.45, 7) is 4.05. The van der Waals surface area contributed by atoms with Gasteiger partial charge >= 0.3 is 6.09 Å². The third kappa shape index (κ3) is 3.55. The van der Waals surface area contributed by atoms with Gasteiger partial charge in [0, 0.05) is 6.04 Å². The lowest BCUT2D eigenvalue weighted by molar-refractivity contribution is 0.168. The van der Waals surface area contributed by atoms with Crippen LogP contribution in [0.5, 0.6) is 0 Å². The van der Waals surface area contributed by atoms with Crippen molar-refractivity contribution in [3.05, 3.63) is 11.6 Å². The lowest BCUT2D eigenvalue weighted by Gasteiger charge is -2.05. The van der Waals surface area contributed by atoms with Gasteiger partial charge in [-0.25, -0.2) is 4.79 Å². The summed E-state index contributed by atoms with van der Waals surface area (Å²) < 4.78 is 7.77. The molecule has 1 amide bonds. The number of carbonyl (C=O) groups excluding carboxylic acids is 1. The van der Waals surface area contributed by atoms with Gasteiger partial charge in [-0.15, -0.1) is 20.4 Å². The zero-order valence-electron chi connectivity index (χ0n) is 12.3. The quantitative estimate of drug-likeness (QED) is 0.638. The maximum absolute atomic E-state index is 11.3. The highest BCUT2D eigenvalue weighted by atomic mass is 32.2. The second kappa shape index (κ2) is 6.61. The van der Waals surface area contributed by atoms with E-state index in [4.69, 9.17) is 4.74 Å². The van der Waals surface area contributed by atoms with Crippen LogP contribution >= 0.6 is 23.1 Å². The molecule has 2 aromatic heterocycles. The van der Waals surface area contributed by atoms with Crippen molar-refractivity contribution in [2.75, 3.05) is 11.9 Å². The molecule has 0 atom stereocenters. The van der Waals surface area contributed by atoms with Gasteiger partial charge in [0.15, 0.2) is 4.34 Å². The van der Waals surface area contributed by atoms with Gasteiger partial charge in [0.25, 0.3) is 0 Å². The molecule has 8 nitrogen and oxygen atoms in total. The standard InChI is InChI=1S/C12H16N6O2S2/c1-3-20-11(19)13-10-16-17-12(22-10)21-6-9-15-14-7(2)18(9)8-4-5-8/h8H,3-6H2,1-2H3,(H,13,16,19). The van der Waals surface area contributed by atoms with E-state index in [1.807, 2.05) is 6.92 Å². The van der Waals surface area contributed by atoms with Crippen molar-refractivity contribution in [2.24, 2.45) is 0 Å². The summed E-state index contributed by atoms with van der Waals surface area (Å²) in [5, 5.41) is 19.3. The SMILES string of the molecule is CCOC(=O)Nc1nnc(SCc2nnc(C)n2C2CC2)s1. The van der Waals surface area contributed by atoms with Crippen LogP contribution < -0.4 is 5.32 Å². The molecule has 0 bridgehead atoms. The van der Waals surface area contributed by atoms with E-state index in [2.05, 4.69) is 30.3 Å². The van der Waals surface area contributed by atoms with Crippen molar-refractivity contribution < 1.29 is 9.53 Å². The maximum atomic E-state index is 11.3. The second-order valence-corrected chi connectivity index (χ2v) is 6.97. The number of amides is 1. The second-order valence-electron chi connectivity index (χ2n) is 4.77. The Morgan fingerprint density at radius 3 is 2.95 bits per heavy atom. The van der Waals surface area contributed by atoms with E-state index < -0.39 is 6.09 Å². The summed E-state index contributed by atoms with van der Waals surface area (Å²) in [4.78, 5) is 11.3. The molecule has 3 rings (SSSR count). The van der Waals surface area contributed by atoms with Crippen molar-refractivity contribution in [2.45, 2.75) is 42.8 Å². The zero-order chi connectivity index (χ0) is 15.5. The highest BCUT2D eigenvalue weighted by molar-refractivity contribution is 8.00. The predicted molar refractivity (Wildman–Crippen MR) is 83.1 cm³/mol. The van der Waals surface area contributed by atoms with E-state index >= 15 is 0 Å². The molecule has 1 aliphatic carbocycles. The Balaban J connectivity index is 1.58. The average molecular weight is 340 g/mol. The molecule has 0 aromatic carbocycles. The molecule has 1 N–H and O–H groups in total. The third-order valence-electron chi connectivity index (χ3n) is 3.06. The van der Waals surface area contributed by atoms with E-state index in [1.165, 1.54) is 35.9 Å². The number of ether oxygens (including phenoxy) is 1. The van der Waals surface area contributed by atoms with Crippen LogP contribution in [-0.2, 0) is 10.5 Å². The van der Waals surface area contributed by atoms with E-state index in [9.17, 15) is 4.79 Å². The van der Waals surface area contributed by atoms with Crippen LogP contribution in [0.2, 0.25) is 0 Å². The molecule has 0 spiro atoms. The van der Waals surface area contributed by atoms with Crippen molar-refractivity contribution in [3.63, 3.8) is 0 Å². The minimum absolute atomic E-state index is 0.322. The van der Waals surface area contributed by atoms with Crippen LogP contribution in [0.15, 0.2) is 4.34 Å². The summed E-state index contributed by atoms with van der Waals surface area (Å²) in [5.74, 6) is 2.60. The van der Waals surface area contributed by atoms with Gasteiger partial charge in [-0.3, -0.25) is 5.32 Å². The van der Waals surface area contributed by atoms with Crippen molar-refractivity contribution >= 4 is 34.3 Å². The van der Waals surface area contributed by atoms with E-state index in [1.54, 1.807) is 6.92 Å². The van der Waals surface area contributed by atoms with Crippen molar-refractivity contribution in [1.29, 1.82) is 0 Å². The molecule has 1 aliphatic rings. The number of nitrogens with zero attached hydrogens (tertiary/aromatic N) is 5. The molecule has 10 heteroatoms. The van der Waals surface area contributed by atoms with Gasteiger partial charge in [-0.1, -0.05) is 23.1 Å². The molecule has 2 aromatic rings. The molecule has 118 valence electrons. The Morgan fingerprint density at radius 1 is 1.41 bits per heavy atom. The van der Waals surface area contributed by atoms with Crippen LogP contribution in [0.25, 0.3) is 0 Å². The topological polar surface area (TPSA) is 94.8 Å². The zero-order valence-corrected chi connectivity index (χ0v) is 13.9. The monoisotopic (exact) mass is 340 g/mol. The smallest absolute Gasteiger partial charge is 0.413 e. The molecule has 1 saturated carbocycles. The van der Waals surface area contributed by atoms with Gasteiger partial charge in [0.05, 0.1) is 12.4 Å². The minimum Gasteiger partial charge on any atom is -0.450 e. The maximum Gasteiger partial charge on any atom is 0.413 e. The number of carbonyl (C=O) groups is 1. The first-order chi connectivity index (χ1) is 10.7. The first kappa shape index (κ1) is 15.2. The van der Waals surface area contributed by atoms with Gasteiger partial charge < -0.3 is 9.30 Å². The molecule has 0 radical (unpaired) electrons. The Morgan fingerprint density at radius 2 is 2.23 bits per heavy atom. The van der Waals surface area contributed by atoms with E-state index in [-0.39, 0.29) is 0 Å². The lowest BCUT2D eigenvalue weighted by atomic mass is 10.5. The average Bonchev–Trinajstić information content (AvgIpc) is 3.11. The van der Waals surface area contributed by atoms with Crippen molar-refractivity contribution in [3.8, 4) is 0 Å². The summed E-state index contributed by atoms with van der Waals surface area (Å²) >= 11 is 2.85. The lowest BCUT2D eigenvalue weighted by Crippen LogP contribution is -2.12. The van der Waals surface area contributed by atoms with Crippen LogP contribution in [0, 0.1) is 6.92 Å². The molecule has 0 unspecified atom stereocenters. The van der Waals surface area contributed by atoms with Gasteiger partial charge in [0.1, 0.15) is 11.6 Å². The summed E-state index contributed by atoms with van der Waals surface area (Å²) in [6, 6.07) is 0.557. The highest BCUT2D eigenvalue weighted by Crippen LogP contribution is 2.37. The summed E-state index contributed by atoms with van der Waals surface area (Å²) in [7, 11) is 0. The molecular formula is C12H16N6O2S2. The number of rotatable bonds is 6. The molecule has 0 saturated heterocycles. The normalized spacial score (nSPS) is 14.1. The molecule has 1 fully saturated rings. The first-order valence-corrected chi connectivity index (χ1v) is 8.78. The van der Waals surface area contributed by atoms with Gasteiger partial charge in [-0.05, 0) is 26.7 Å². The third-order valence-corrected chi connectivity index (χ3v) is 5.03. The molecule has 2 heterocycles. The fourth-order valence-electron chi connectivity index (χ4n) is 2.02. The minimum atomic E-state index is -0.515. The molecule has 22 heavy (non-hydrogen) atoms. The Bertz CT molecular complexity index is 666. The van der Waals surface area contributed by atoms with Gasteiger partial charge in [-0.2, -0.15) is 0 Å². The van der Waals surface area contributed by atoms with Crippen LogP contribution in [0.4, 0.5) is 9.93 Å². The first-order valence-electron chi connectivity index (χ1n) is 6.97. The fraction of sp³-hybridized carbons (Fsp3) is 0.583. The Kier molecular flexibility index (Phi) is 4.57. The number of hydrogen-bond donors (Lipinski definition) is 1. The number of aromatic nitrogens is 5.